The van der Waals surface area contributed by atoms with Crippen LogP contribution in [0, 0.1) is 0 Å². The van der Waals surface area contributed by atoms with Crippen molar-refractivity contribution >= 4 is 5.97 Å². The second-order valence-electron chi connectivity index (χ2n) is 4.27. The Balaban J connectivity index is 2.04. The lowest BCUT2D eigenvalue weighted by molar-refractivity contribution is -0.148. The fourth-order valence-electron chi connectivity index (χ4n) is 1.82. The van der Waals surface area contributed by atoms with Crippen LogP contribution in [-0.2, 0) is 9.53 Å². The van der Waals surface area contributed by atoms with Crippen molar-refractivity contribution in [1.29, 1.82) is 0 Å². The predicted octanol–water partition coefficient (Wildman–Crippen LogP) is 1.86. The number of ether oxygens (including phenoxy) is 1. The molecular formula is C13H18N4O2. The summed E-state index contributed by atoms with van der Waals surface area (Å²) >= 11 is 0. The molecule has 0 unspecified atom stereocenters. The van der Waals surface area contributed by atoms with Crippen LogP contribution in [0.25, 0.3) is 0 Å². The van der Waals surface area contributed by atoms with E-state index in [2.05, 4.69) is 16.9 Å². The molecule has 0 fully saturated rings. The van der Waals surface area contributed by atoms with Gasteiger partial charge in [-0.3, -0.25) is 0 Å². The molecule has 6 nitrogen and oxygen atoms in total. The van der Waals surface area contributed by atoms with Gasteiger partial charge in [0.25, 0.3) is 0 Å². The highest BCUT2D eigenvalue weighted by Gasteiger charge is 2.22. The lowest BCUT2D eigenvalue weighted by Gasteiger charge is -2.18. The van der Waals surface area contributed by atoms with Crippen LogP contribution in [0.15, 0.2) is 37.4 Å². The van der Waals surface area contributed by atoms with E-state index in [0.717, 1.165) is 19.3 Å². The highest BCUT2D eigenvalue weighted by atomic mass is 16.5. The molecule has 0 aliphatic carbocycles. The summed E-state index contributed by atoms with van der Waals surface area (Å²) in [6.07, 6.45) is 12.4. The van der Waals surface area contributed by atoms with Crippen molar-refractivity contribution in [2.75, 3.05) is 6.61 Å². The maximum Gasteiger partial charge on any atom is 0.350 e. The number of unbranched alkanes of at least 4 members (excludes halogenated alkanes) is 2. The zero-order valence-corrected chi connectivity index (χ0v) is 11.0. The van der Waals surface area contributed by atoms with Gasteiger partial charge in [0.15, 0.2) is 0 Å². The molecule has 0 radical (unpaired) electrons. The Bertz CT molecular complexity index is 444. The summed E-state index contributed by atoms with van der Waals surface area (Å²) in [5, 5.41) is 0. The molecule has 0 saturated carbocycles. The Kier molecular flexibility index (Phi) is 4.72. The molecule has 0 aromatic carbocycles. The van der Waals surface area contributed by atoms with Crippen molar-refractivity contribution in [3.63, 3.8) is 0 Å². The molecule has 2 aromatic heterocycles. The third kappa shape index (κ3) is 3.43. The van der Waals surface area contributed by atoms with Gasteiger partial charge in [0, 0.05) is 24.8 Å². The van der Waals surface area contributed by atoms with E-state index in [1.807, 2.05) is 0 Å². The number of esters is 1. The maximum atomic E-state index is 12.2. The molecule has 2 rings (SSSR count). The van der Waals surface area contributed by atoms with Crippen molar-refractivity contribution < 1.29 is 9.53 Å². The van der Waals surface area contributed by atoms with E-state index < -0.39 is 6.17 Å². The average Bonchev–Trinajstić information content (AvgIpc) is 3.08. The van der Waals surface area contributed by atoms with Crippen molar-refractivity contribution in [3.05, 3.63) is 37.4 Å². The number of carbonyl (C=O) groups is 1. The quantitative estimate of drug-likeness (QED) is 0.564. The summed E-state index contributed by atoms with van der Waals surface area (Å²) in [5.74, 6) is -0.299. The molecule has 2 heterocycles. The lowest BCUT2D eigenvalue weighted by Crippen LogP contribution is -2.27. The van der Waals surface area contributed by atoms with E-state index in [9.17, 15) is 4.79 Å². The largest absolute Gasteiger partial charge is 0.463 e. The molecule has 0 bridgehead atoms. The van der Waals surface area contributed by atoms with Crippen molar-refractivity contribution in [3.8, 4) is 0 Å². The minimum absolute atomic E-state index is 0.299. The maximum absolute atomic E-state index is 12.2. The van der Waals surface area contributed by atoms with E-state index in [0.29, 0.717) is 6.61 Å². The molecule has 0 amide bonds. The van der Waals surface area contributed by atoms with Gasteiger partial charge in [0.05, 0.1) is 19.3 Å². The van der Waals surface area contributed by atoms with Crippen LogP contribution in [0.2, 0.25) is 0 Å². The van der Waals surface area contributed by atoms with E-state index in [1.165, 1.54) is 0 Å². The molecule has 0 spiro atoms. The van der Waals surface area contributed by atoms with Crippen LogP contribution in [0.3, 0.4) is 0 Å². The number of hydrogen-bond acceptors (Lipinski definition) is 4. The van der Waals surface area contributed by atoms with Crippen LogP contribution in [0.4, 0.5) is 0 Å². The van der Waals surface area contributed by atoms with Crippen LogP contribution >= 0.6 is 0 Å². The first kappa shape index (κ1) is 13.3. The number of hydrogen-bond donors (Lipinski definition) is 0. The fourth-order valence-corrected chi connectivity index (χ4v) is 1.82. The van der Waals surface area contributed by atoms with Gasteiger partial charge < -0.3 is 13.9 Å². The Labute approximate surface area is 112 Å². The van der Waals surface area contributed by atoms with Gasteiger partial charge in [0.2, 0.25) is 6.17 Å². The number of rotatable bonds is 7. The molecule has 6 heteroatoms. The van der Waals surface area contributed by atoms with Crippen LogP contribution in [0.5, 0.6) is 0 Å². The second-order valence-corrected chi connectivity index (χ2v) is 4.27. The van der Waals surface area contributed by atoms with Crippen LogP contribution < -0.4 is 0 Å². The third-order valence-electron chi connectivity index (χ3n) is 2.82. The Morgan fingerprint density at radius 2 is 1.79 bits per heavy atom. The highest BCUT2D eigenvalue weighted by molar-refractivity contribution is 5.74. The summed E-state index contributed by atoms with van der Waals surface area (Å²) in [5.41, 5.74) is 0. The van der Waals surface area contributed by atoms with Crippen molar-refractivity contribution in [2.24, 2.45) is 0 Å². The first-order chi connectivity index (χ1) is 9.33. The van der Waals surface area contributed by atoms with Gasteiger partial charge in [-0.25, -0.2) is 14.8 Å². The van der Waals surface area contributed by atoms with Crippen molar-refractivity contribution in [2.45, 2.75) is 32.4 Å². The lowest BCUT2D eigenvalue weighted by atomic mass is 10.3. The van der Waals surface area contributed by atoms with Gasteiger partial charge in [-0.15, -0.1) is 0 Å². The first-order valence-corrected chi connectivity index (χ1v) is 6.44. The van der Waals surface area contributed by atoms with Crippen LogP contribution in [-0.4, -0.2) is 31.7 Å². The summed E-state index contributed by atoms with van der Waals surface area (Å²) in [4.78, 5) is 20.1. The van der Waals surface area contributed by atoms with E-state index in [4.69, 9.17) is 4.74 Å². The summed E-state index contributed by atoms with van der Waals surface area (Å²) in [6.45, 7) is 2.56. The zero-order chi connectivity index (χ0) is 13.5. The molecule has 19 heavy (non-hydrogen) atoms. The van der Waals surface area contributed by atoms with Crippen LogP contribution in [0.1, 0.15) is 32.4 Å². The number of carbonyl (C=O) groups excluding carboxylic acids is 1. The van der Waals surface area contributed by atoms with Gasteiger partial charge in [0.1, 0.15) is 0 Å². The predicted molar refractivity (Wildman–Crippen MR) is 69.4 cm³/mol. The fraction of sp³-hybridized carbons (Fsp3) is 0.462. The minimum atomic E-state index is -0.577. The van der Waals surface area contributed by atoms with E-state index in [1.54, 1.807) is 46.6 Å². The van der Waals surface area contributed by atoms with Gasteiger partial charge >= 0.3 is 5.97 Å². The van der Waals surface area contributed by atoms with E-state index >= 15 is 0 Å². The van der Waals surface area contributed by atoms with Gasteiger partial charge in [-0.05, 0) is 6.42 Å². The topological polar surface area (TPSA) is 61.9 Å². The second kappa shape index (κ2) is 6.72. The Morgan fingerprint density at radius 1 is 1.16 bits per heavy atom. The number of aromatic nitrogens is 4. The van der Waals surface area contributed by atoms with Gasteiger partial charge in [-0.1, -0.05) is 19.8 Å². The third-order valence-corrected chi connectivity index (χ3v) is 2.82. The summed E-state index contributed by atoms with van der Waals surface area (Å²) in [6, 6.07) is 0. The molecular weight excluding hydrogens is 244 g/mol. The molecule has 0 aliphatic heterocycles. The van der Waals surface area contributed by atoms with Gasteiger partial charge in [-0.2, -0.15) is 0 Å². The molecule has 0 aliphatic rings. The average molecular weight is 262 g/mol. The number of imidazole rings is 2. The molecule has 0 N–H and O–H groups in total. The first-order valence-electron chi connectivity index (χ1n) is 6.44. The molecule has 102 valence electrons. The summed E-state index contributed by atoms with van der Waals surface area (Å²) in [7, 11) is 0. The Hall–Kier alpha value is -2.11. The Morgan fingerprint density at radius 3 is 2.26 bits per heavy atom. The van der Waals surface area contributed by atoms with Crippen molar-refractivity contribution in [1.82, 2.24) is 19.1 Å². The smallest absolute Gasteiger partial charge is 0.350 e. The summed E-state index contributed by atoms with van der Waals surface area (Å²) < 4.78 is 8.71. The highest BCUT2D eigenvalue weighted by Crippen LogP contribution is 2.12. The number of nitrogens with zero attached hydrogens (tertiary/aromatic N) is 4. The standard InChI is InChI=1S/C13H18N4O2/c1-2-3-4-9-19-13(18)12(16-7-5-14-10-16)17-8-6-15-11-17/h5-8,10-12H,2-4,9H2,1H3. The minimum Gasteiger partial charge on any atom is -0.463 e. The SMILES string of the molecule is CCCCCOC(=O)C(n1ccnc1)n1ccnc1. The molecule has 2 aromatic rings. The molecule has 0 saturated heterocycles. The zero-order valence-electron chi connectivity index (χ0n) is 11.0. The molecule has 0 atom stereocenters. The normalized spacial score (nSPS) is 10.8. The monoisotopic (exact) mass is 262 g/mol. The van der Waals surface area contributed by atoms with E-state index in [-0.39, 0.29) is 5.97 Å².